The van der Waals surface area contributed by atoms with E-state index in [1.165, 1.54) is 6.21 Å². The highest BCUT2D eigenvalue weighted by Crippen LogP contribution is 2.21. The van der Waals surface area contributed by atoms with Crippen molar-refractivity contribution in [2.75, 3.05) is 5.32 Å². The Balaban J connectivity index is 1.57. The van der Waals surface area contributed by atoms with Gasteiger partial charge in [-0.05, 0) is 60.7 Å². The lowest BCUT2D eigenvalue weighted by Crippen LogP contribution is -2.24. The van der Waals surface area contributed by atoms with E-state index in [1.807, 2.05) is 24.3 Å². The van der Waals surface area contributed by atoms with Crippen LogP contribution in [0.15, 0.2) is 74.7 Å². The van der Waals surface area contributed by atoms with Crippen LogP contribution in [0.2, 0.25) is 0 Å². The van der Waals surface area contributed by atoms with Crippen LogP contribution in [0, 0.1) is 11.3 Å². The summed E-state index contributed by atoms with van der Waals surface area (Å²) in [5.41, 5.74) is 4.46. The molecule has 1 heterocycles. The minimum atomic E-state index is -0.456. The van der Waals surface area contributed by atoms with Gasteiger partial charge in [0, 0.05) is 15.7 Å². The van der Waals surface area contributed by atoms with Crippen molar-refractivity contribution in [2.24, 2.45) is 5.10 Å². The Kier molecular flexibility index (Phi) is 5.46. The Morgan fingerprint density at radius 2 is 1.81 bits per heavy atom. The number of hydrogen-bond donors (Lipinski definition) is 2. The Morgan fingerprint density at radius 1 is 1.08 bits per heavy atom. The molecule has 0 aliphatic heterocycles. The molecule has 0 spiro atoms. The van der Waals surface area contributed by atoms with E-state index < -0.39 is 6.03 Å². The predicted molar refractivity (Wildman–Crippen MR) is 103 cm³/mol. The number of urea groups is 1. The van der Waals surface area contributed by atoms with E-state index in [4.69, 9.17) is 9.68 Å². The molecule has 2 amide bonds. The van der Waals surface area contributed by atoms with Gasteiger partial charge in [-0.2, -0.15) is 10.4 Å². The number of hydrazone groups is 1. The van der Waals surface area contributed by atoms with E-state index in [-0.39, 0.29) is 0 Å². The number of carbonyl (C=O) groups excluding carboxylic acids is 1. The van der Waals surface area contributed by atoms with E-state index in [1.54, 1.807) is 36.4 Å². The number of amides is 2. The van der Waals surface area contributed by atoms with E-state index in [0.29, 0.717) is 22.8 Å². The maximum Gasteiger partial charge on any atom is 0.339 e. The Labute approximate surface area is 158 Å². The van der Waals surface area contributed by atoms with Crippen molar-refractivity contribution in [3.8, 4) is 17.4 Å². The number of carbonyl (C=O) groups is 1. The molecule has 0 atom stereocenters. The summed E-state index contributed by atoms with van der Waals surface area (Å²) < 4.78 is 6.58. The smallest absolute Gasteiger partial charge is 0.339 e. The summed E-state index contributed by atoms with van der Waals surface area (Å²) >= 11 is 3.33. The molecule has 0 saturated heterocycles. The highest BCUT2D eigenvalue weighted by atomic mass is 79.9. The molecule has 128 valence electrons. The molecule has 0 radical (unpaired) electrons. The second kappa shape index (κ2) is 8.14. The second-order valence-electron chi connectivity index (χ2n) is 5.22. The Morgan fingerprint density at radius 3 is 2.50 bits per heavy atom. The van der Waals surface area contributed by atoms with Crippen LogP contribution in [-0.2, 0) is 0 Å². The van der Waals surface area contributed by atoms with Crippen molar-refractivity contribution in [1.82, 2.24) is 5.43 Å². The SMILES string of the molecule is N#Cc1ccc(-c2ccc(/C=N/NC(=O)Nc3ccc(Br)cc3)o2)cc1. The first kappa shape index (κ1) is 17.5. The summed E-state index contributed by atoms with van der Waals surface area (Å²) in [7, 11) is 0. The molecular weight excluding hydrogens is 396 g/mol. The summed E-state index contributed by atoms with van der Waals surface area (Å²) in [6.07, 6.45) is 1.41. The number of halogens is 1. The van der Waals surface area contributed by atoms with Gasteiger partial charge in [-0.1, -0.05) is 15.9 Å². The fourth-order valence-corrected chi connectivity index (χ4v) is 2.40. The van der Waals surface area contributed by atoms with Gasteiger partial charge < -0.3 is 9.73 Å². The van der Waals surface area contributed by atoms with Crippen molar-refractivity contribution < 1.29 is 9.21 Å². The molecule has 3 aromatic rings. The molecular formula is C19H13BrN4O2. The molecule has 0 saturated carbocycles. The van der Waals surface area contributed by atoms with Crippen LogP contribution in [0.1, 0.15) is 11.3 Å². The Bertz CT molecular complexity index is 970. The van der Waals surface area contributed by atoms with Crippen LogP contribution < -0.4 is 10.7 Å². The Hall–Kier alpha value is -3.37. The summed E-state index contributed by atoms with van der Waals surface area (Å²) in [5.74, 6) is 1.14. The van der Waals surface area contributed by atoms with Gasteiger partial charge in [0.15, 0.2) is 0 Å². The van der Waals surface area contributed by atoms with Gasteiger partial charge in [-0.15, -0.1) is 0 Å². The lowest BCUT2D eigenvalue weighted by Gasteiger charge is -2.03. The lowest BCUT2D eigenvalue weighted by atomic mass is 10.1. The molecule has 1 aromatic heterocycles. The molecule has 2 aromatic carbocycles. The second-order valence-corrected chi connectivity index (χ2v) is 6.14. The fourth-order valence-electron chi connectivity index (χ4n) is 2.13. The molecule has 26 heavy (non-hydrogen) atoms. The maximum absolute atomic E-state index is 11.8. The van der Waals surface area contributed by atoms with Gasteiger partial charge in [0.05, 0.1) is 17.8 Å². The van der Waals surface area contributed by atoms with Gasteiger partial charge in [0.2, 0.25) is 0 Å². The van der Waals surface area contributed by atoms with Gasteiger partial charge in [-0.25, -0.2) is 10.2 Å². The fraction of sp³-hybridized carbons (Fsp3) is 0. The molecule has 0 fully saturated rings. The van der Waals surface area contributed by atoms with Crippen LogP contribution in [0.4, 0.5) is 10.5 Å². The third-order valence-corrected chi connectivity index (χ3v) is 3.91. The molecule has 2 N–H and O–H groups in total. The zero-order valence-electron chi connectivity index (χ0n) is 13.4. The average molecular weight is 409 g/mol. The van der Waals surface area contributed by atoms with Gasteiger partial charge in [0.1, 0.15) is 11.5 Å². The average Bonchev–Trinajstić information content (AvgIpc) is 3.12. The molecule has 6 nitrogen and oxygen atoms in total. The molecule has 3 rings (SSSR count). The van der Waals surface area contributed by atoms with Crippen molar-refractivity contribution >= 4 is 33.9 Å². The number of hydrogen-bond acceptors (Lipinski definition) is 4. The number of furan rings is 1. The topological polar surface area (TPSA) is 90.4 Å². The van der Waals surface area contributed by atoms with Gasteiger partial charge in [0.25, 0.3) is 0 Å². The summed E-state index contributed by atoms with van der Waals surface area (Å²) in [5, 5.41) is 15.3. The standard InChI is InChI=1S/C19H13BrN4O2/c20-15-5-7-16(8-6-15)23-19(25)24-22-12-17-9-10-18(26-17)14-3-1-13(11-21)2-4-14/h1-10,12H,(H2,23,24,25)/b22-12+. The summed E-state index contributed by atoms with van der Waals surface area (Å²) in [6, 6.07) is 19.4. The first-order valence-electron chi connectivity index (χ1n) is 7.60. The van der Waals surface area contributed by atoms with Crippen molar-refractivity contribution in [3.63, 3.8) is 0 Å². The van der Waals surface area contributed by atoms with Crippen LogP contribution in [-0.4, -0.2) is 12.2 Å². The first-order valence-corrected chi connectivity index (χ1v) is 8.39. The molecule has 0 unspecified atom stereocenters. The van der Waals surface area contributed by atoms with Crippen LogP contribution in [0.3, 0.4) is 0 Å². The predicted octanol–water partition coefficient (Wildman–Crippen LogP) is 4.74. The number of rotatable bonds is 4. The largest absolute Gasteiger partial charge is 0.455 e. The number of anilines is 1. The van der Waals surface area contributed by atoms with Crippen LogP contribution >= 0.6 is 15.9 Å². The quantitative estimate of drug-likeness (QED) is 0.482. The number of nitrogens with one attached hydrogen (secondary N) is 2. The minimum absolute atomic E-state index is 0.456. The number of nitrogens with zero attached hydrogens (tertiary/aromatic N) is 2. The zero-order valence-corrected chi connectivity index (χ0v) is 15.0. The molecule has 0 bridgehead atoms. The maximum atomic E-state index is 11.8. The molecule has 0 aliphatic rings. The van der Waals surface area contributed by atoms with E-state index in [0.717, 1.165) is 10.0 Å². The van der Waals surface area contributed by atoms with E-state index in [9.17, 15) is 4.79 Å². The molecule has 7 heteroatoms. The van der Waals surface area contributed by atoms with Crippen molar-refractivity contribution in [1.29, 1.82) is 5.26 Å². The van der Waals surface area contributed by atoms with Crippen molar-refractivity contribution in [3.05, 3.63) is 76.5 Å². The third-order valence-electron chi connectivity index (χ3n) is 3.39. The minimum Gasteiger partial charge on any atom is -0.455 e. The summed E-state index contributed by atoms with van der Waals surface area (Å²) in [4.78, 5) is 11.8. The van der Waals surface area contributed by atoms with E-state index >= 15 is 0 Å². The number of benzene rings is 2. The van der Waals surface area contributed by atoms with Crippen LogP contribution in [0.25, 0.3) is 11.3 Å². The highest BCUT2D eigenvalue weighted by Gasteiger charge is 2.04. The first-order chi connectivity index (χ1) is 12.6. The summed E-state index contributed by atoms with van der Waals surface area (Å²) in [6.45, 7) is 0. The monoisotopic (exact) mass is 408 g/mol. The van der Waals surface area contributed by atoms with Crippen LogP contribution in [0.5, 0.6) is 0 Å². The van der Waals surface area contributed by atoms with Gasteiger partial charge in [-0.3, -0.25) is 0 Å². The van der Waals surface area contributed by atoms with Gasteiger partial charge >= 0.3 is 6.03 Å². The lowest BCUT2D eigenvalue weighted by molar-refractivity contribution is 0.252. The van der Waals surface area contributed by atoms with Crippen molar-refractivity contribution in [2.45, 2.75) is 0 Å². The zero-order chi connectivity index (χ0) is 18.4. The number of nitriles is 1. The third kappa shape index (κ3) is 4.59. The normalized spacial score (nSPS) is 10.5. The highest BCUT2D eigenvalue weighted by molar-refractivity contribution is 9.10. The molecule has 0 aliphatic carbocycles. The van der Waals surface area contributed by atoms with E-state index in [2.05, 4.69) is 37.8 Å².